The van der Waals surface area contributed by atoms with Crippen molar-refractivity contribution in [2.24, 2.45) is 0 Å². The number of nitrogens with zero attached hydrogens (tertiary/aromatic N) is 3. The predicted octanol–water partition coefficient (Wildman–Crippen LogP) is 3.97. The fourth-order valence-corrected chi connectivity index (χ4v) is 2.41. The van der Waals surface area contributed by atoms with E-state index in [1.807, 2.05) is 0 Å². The summed E-state index contributed by atoms with van der Waals surface area (Å²) >= 11 is 0. The quantitative estimate of drug-likeness (QED) is 0.548. The van der Waals surface area contributed by atoms with Crippen LogP contribution in [0.15, 0.2) is 54.7 Å². The van der Waals surface area contributed by atoms with Gasteiger partial charge >= 0.3 is 6.36 Å². The summed E-state index contributed by atoms with van der Waals surface area (Å²) < 4.78 is 41.3. The van der Waals surface area contributed by atoms with Crippen LogP contribution < -0.4 is 15.4 Å². The minimum Gasteiger partial charge on any atom is -0.406 e. The van der Waals surface area contributed by atoms with Gasteiger partial charge in [-0.2, -0.15) is 4.98 Å². The lowest BCUT2D eigenvalue weighted by atomic mass is 10.2. The van der Waals surface area contributed by atoms with Crippen LogP contribution in [0.2, 0.25) is 0 Å². The third-order valence-corrected chi connectivity index (χ3v) is 3.64. The molecule has 0 radical (unpaired) electrons. The summed E-state index contributed by atoms with van der Waals surface area (Å²) in [6.45, 7) is 1.62. The van der Waals surface area contributed by atoms with Crippen LogP contribution in [-0.4, -0.2) is 39.1 Å². The molecule has 0 unspecified atom stereocenters. The van der Waals surface area contributed by atoms with Crippen LogP contribution in [0.1, 0.15) is 6.92 Å². The Morgan fingerprint density at radius 2 is 1.90 bits per heavy atom. The molecule has 2 aromatic heterocycles. The predicted molar refractivity (Wildman–Crippen MR) is 102 cm³/mol. The lowest BCUT2D eigenvalue weighted by Gasteiger charge is -2.14. The summed E-state index contributed by atoms with van der Waals surface area (Å²) in [5, 5.41) is 15.2. The molecule has 0 bridgehead atoms. The van der Waals surface area contributed by atoms with Gasteiger partial charge in [0.25, 0.3) is 0 Å². The lowest BCUT2D eigenvalue weighted by molar-refractivity contribution is -0.274. The molecule has 0 aliphatic carbocycles. The minimum atomic E-state index is -4.78. The summed E-state index contributed by atoms with van der Waals surface area (Å²) in [6.07, 6.45) is -3.16. The maximum Gasteiger partial charge on any atom is 0.573 e. The number of aliphatic hydroxyl groups is 1. The van der Waals surface area contributed by atoms with Crippen molar-refractivity contribution in [3.8, 4) is 17.1 Å². The molecule has 0 spiro atoms. The highest BCUT2D eigenvalue weighted by Crippen LogP contribution is 2.27. The zero-order valence-electron chi connectivity index (χ0n) is 15.3. The average Bonchev–Trinajstić information content (AvgIpc) is 2.67. The van der Waals surface area contributed by atoms with Crippen molar-refractivity contribution in [1.82, 2.24) is 15.0 Å². The van der Waals surface area contributed by atoms with Gasteiger partial charge in [-0.3, -0.25) is 4.98 Å². The van der Waals surface area contributed by atoms with Crippen molar-refractivity contribution in [2.45, 2.75) is 19.3 Å². The number of halogens is 3. The molecule has 1 atom stereocenters. The number of anilines is 3. The maximum atomic E-state index is 12.4. The summed E-state index contributed by atoms with van der Waals surface area (Å²) in [4.78, 5) is 13.0. The smallest absolute Gasteiger partial charge is 0.406 e. The third kappa shape index (κ3) is 6.04. The van der Waals surface area contributed by atoms with E-state index in [1.165, 1.54) is 18.2 Å². The van der Waals surface area contributed by atoms with Gasteiger partial charge in [0, 0.05) is 30.1 Å². The third-order valence-electron chi connectivity index (χ3n) is 3.64. The SMILES string of the molecule is C[C@H](CO)Nc1nc(Nc2cccc(OC(F)(F)F)c2)cc(-c2ccccn2)n1. The molecule has 1 aromatic carbocycles. The summed E-state index contributed by atoms with van der Waals surface area (Å²) in [6, 6.07) is 12.1. The van der Waals surface area contributed by atoms with E-state index in [2.05, 4.69) is 30.3 Å². The van der Waals surface area contributed by atoms with E-state index in [0.717, 1.165) is 0 Å². The van der Waals surface area contributed by atoms with Crippen LogP contribution in [0.4, 0.5) is 30.6 Å². The largest absolute Gasteiger partial charge is 0.573 e. The number of rotatable bonds is 7. The van der Waals surface area contributed by atoms with Gasteiger partial charge in [-0.25, -0.2) is 4.98 Å². The second kappa shape index (κ2) is 8.74. The van der Waals surface area contributed by atoms with Crippen LogP contribution >= 0.6 is 0 Å². The van der Waals surface area contributed by atoms with E-state index < -0.39 is 6.36 Å². The van der Waals surface area contributed by atoms with Gasteiger partial charge < -0.3 is 20.5 Å². The fourth-order valence-electron chi connectivity index (χ4n) is 2.41. The number of ether oxygens (including phenoxy) is 1. The molecule has 10 heteroatoms. The molecule has 3 rings (SSSR count). The molecule has 29 heavy (non-hydrogen) atoms. The molecule has 3 N–H and O–H groups in total. The van der Waals surface area contributed by atoms with Gasteiger partial charge in [-0.1, -0.05) is 12.1 Å². The number of aliphatic hydroxyl groups excluding tert-OH is 1. The van der Waals surface area contributed by atoms with Gasteiger partial charge in [0.2, 0.25) is 5.95 Å². The Hall–Kier alpha value is -3.40. The number of hydrogen-bond acceptors (Lipinski definition) is 7. The van der Waals surface area contributed by atoms with Crippen molar-refractivity contribution >= 4 is 17.5 Å². The molecular formula is C19H18F3N5O2. The number of nitrogens with one attached hydrogen (secondary N) is 2. The minimum absolute atomic E-state index is 0.128. The van der Waals surface area contributed by atoms with Crippen LogP contribution in [0.3, 0.4) is 0 Å². The molecule has 0 amide bonds. The number of alkyl halides is 3. The van der Waals surface area contributed by atoms with Crippen molar-refractivity contribution in [2.75, 3.05) is 17.2 Å². The molecule has 0 aliphatic heterocycles. The number of aromatic nitrogens is 3. The Bertz CT molecular complexity index is 954. The van der Waals surface area contributed by atoms with Gasteiger partial charge in [0.15, 0.2) is 0 Å². The average molecular weight is 405 g/mol. The fraction of sp³-hybridized carbons (Fsp3) is 0.211. The van der Waals surface area contributed by atoms with Crippen molar-refractivity contribution in [3.05, 3.63) is 54.7 Å². The first kappa shape index (κ1) is 20.3. The molecular weight excluding hydrogens is 387 g/mol. The Balaban J connectivity index is 1.92. The van der Waals surface area contributed by atoms with E-state index in [4.69, 9.17) is 0 Å². The Morgan fingerprint density at radius 1 is 1.07 bits per heavy atom. The molecule has 3 aromatic rings. The van der Waals surface area contributed by atoms with Gasteiger partial charge in [-0.15, -0.1) is 13.2 Å². The summed E-state index contributed by atoms with van der Waals surface area (Å²) in [5.74, 6) is 0.214. The van der Waals surface area contributed by atoms with Crippen molar-refractivity contribution < 1.29 is 23.0 Å². The van der Waals surface area contributed by atoms with E-state index in [-0.39, 0.29) is 24.3 Å². The summed E-state index contributed by atoms with van der Waals surface area (Å²) in [7, 11) is 0. The Morgan fingerprint density at radius 3 is 2.59 bits per heavy atom. The van der Waals surface area contributed by atoms with E-state index in [0.29, 0.717) is 22.9 Å². The lowest BCUT2D eigenvalue weighted by Crippen LogP contribution is -2.21. The molecule has 0 aliphatic rings. The highest BCUT2D eigenvalue weighted by molar-refractivity contribution is 5.65. The Labute approximate surface area is 164 Å². The topological polar surface area (TPSA) is 92.2 Å². The van der Waals surface area contributed by atoms with E-state index >= 15 is 0 Å². The van der Waals surface area contributed by atoms with Crippen molar-refractivity contribution in [1.29, 1.82) is 0 Å². The van der Waals surface area contributed by atoms with Crippen LogP contribution in [0.5, 0.6) is 5.75 Å². The monoisotopic (exact) mass is 405 g/mol. The zero-order chi connectivity index (χ0) is 20.9. The normalized spacial score (nSPS) is 12.3. The zero-order valence-corrected chi connectivity index (χ0v) is 15.3. The molecule has 0 saturated carbocycles. The molecule has 152 valence electrons. The first-order valence-corrected chi connectivity index (χ1v) is 8.63. The van der Waals surface area contributed by atoms with E-state index in [1.54, 1.807) is 43.5 Å². The standard InChI is InChI=1S/C19H18F3N5O2/c1-12(11-28)24-18-26-16(15-7-2-3-8-23-15)10-17(27-18)25-13-5-4-6-14(9-13)29-19(20,21)22/h2-10,12,28H,11H2,1H3,(H2,24,25,26,27)/t12-/m1/s1. The molecule has 2 heterocycles. The van der Waals surface area contributed by atoms with Crippen LogP contribution in [-0.2, 0) is 0 Å². The van der Waals surface area contributed by atoms with Crippen LogP contribution in [0.25, 0.3) is 11.4 Å². The number of pyridine rings is 1. The van der Waals surface area contributed by atoms with Crippen LogP contribution in [0, 0.1) is 0 Å². The highest BCUT2D eigenvalue weighted by atomic mass is 19.4. The van der Waals surface area contributed by atoms with E-state index in [9.17, 15) is 18.3 Å². The number of hydrogen-bond donors (Lipinski definition) is 3. The molecule has 0 saturated heterocycles. The van der Waals surface area contributed by atoms with Gasteiger partial charge in [0.05, 0.1) is 18.0 Å². The second-order valence-electron chi connectivity index (χ2n) is 6.11. The first-order chi connectivity index (χ1) is 13.8. The highest BCUT2D eigenvalue weighted by Gasteiger charge is 2.31. The molecule has 7 nitrogen and oxygen atoms in total. The van der Waals surface area contributed by atoms with Gasteiger partial charge in [-0.05, 0) is 31.2 Å². The first-order valence-electron chi connectivity index (χ1n) is 8.63. The second-order valence-corrected chi connectivity index (χ2v) is 6.11. The maximum absolute atomic E-state index is 12.4. The van der Waals surface area contributed by atoms with Crippen molar-refractivity contribution in [3.63, 3.8) is 0 Å². The van der Waals surface area contributed by atoms with Gasteiger partial charge in [0.1, 0.15) is 11.6 Å². The summed E-state index contributed by atoms with van der Waals surface area (Å²) in [5.41, 5.74) is 1.43. The number of benzene rings is 1. The Kier molecular flexibility index (Phi) is 6.13. The molecule has 0 fully saturated rings.